The van der Waals surface area contributed by atoms with Crippen molar-refractivity contribution in [2.75, 3.05) is 13.2 Å². The van der Waals surface area contributed by atoms with Gasteiger partial charge >= 0.3 is 0 Å². The van der Waals surface area contributed by atoms with Gasteiger partial charge in [-0.1, -0.05) is 20.8 Å². The summed E-state index contributed by atoms with van der Waals surface area (Å²) in [5.74, 6) is 1.89. The summed E-state index contributed by atoms with van der Waals surface area (Å²) in [6.07, 6.45) is 0.889. The van der Waals surface area contributed by atoms with E-state index in [2.05, 4.69) is 30.8 Å². The highest BCUT2D eigenvalue weighted by atomic mass is 16.5. The quantitative estimate of drug-likeness (QED) is 0.758. The van der Waals surface area contributed by atoms with E-state index >= 15 is 0 Å². The van der Waals surface area contributed by atoms with Crippen LogP contribution in [-0.2, 0) is 9.47 Å². The fourth-order valence-corrected chi connectivity index (χ4v) is 1.82. The minimum atomic E-state index is -0.000648. The zero-order chi connectivity index (χ0) is 12.8. The van der Waals surface area contributed by atoms with Gasteiger partial charge in [0.15, 0.2) is 0 Å². The van der Waals surface area contributed by atoms with Crippen molar-refractivity contribution in [3.63, 3.8) is 0 Å². The van der Waals surface area contributed by atoms with E-state index in [1.54, 1.807) is 0 Å². The number of nitrogens with zero attached hydrogens (tertiary/aromatic N) is 2. The molecular formula is C13H24N2O2. The summed E-state index contributed by atoms with van der Waals surface area (Å²) >= 11 is 0. The maximum atomic E-state index is 5.60. The molecule has 0 fully saturated rings. The van der Waals surface area contributed by atoms with Crippen LogP contribution in [0.15, 0.2) is 9.98 Å². The number of ether oxygens (including phenoxy) is 2. The number of aliphatic imine (C=N–C) groups is 2. The van der Waals surface area contributed by atoms with Crippen LogP contribution in [0.25, 0.3) is 0 Å². The molecule has 0 aromatic heterocycles. The van der Waals surface area contributed by atoms with Crippen LogP contribution in [-0.4, -0.2) is 37.1 Å². The van der Waals surface area contributed by atoms with Crippen molar-refractivity contribution in [2.45, 2.75) is 53.1 Å². The molecule has 0 bridgehead atoms. The topological polar surface area (TPSA) is 43.2 Å². The Morgan fingerprint density at radius 1 is 1.00 bits per heavy atom. The lowest BCUT2D eigenvalue weighted by atomic mass is 10.0. The van der Waals surface area contributed by atoms with Gasteiger partial charge in [0.25, 0.3) is 0 Å². The highest BCUT2D eigenvalue weighted by molar-refractivity contribution is 5.94. The first-order valence-electron chi connectivity index (χ1n) is 6.54. The van der Waals surface area contributed by atoms with Crippen LogP contribution in [0, 0.1) is 5.92 Å². The molecule has 98 valence electrons. The molecule has 0 unspecified atom stereocenters. The standard InChI is InChI=1S/C13H24N2O2/c1-6-10-12(16-7-2)15-11(9(4)5)13(14-10)17-8-3/h9-11H,6-8H2,1-5H3/t10-,11-/m0/s1. The van der Waals surface area contributed by atoms with Crippen LogP contribution in [0.1, 0.15) is 41.0 Å². The molecule has 0 saturated carbocycles. The van der Waals surface area contributed by atoms with E-state index < -0.39 is 0 Å². The van der Waals surface area contributed by atoms with Gasteiger partial charge in [-0.3, -0.25) is 0 Å². The molecule has 4 heteroatoms. The minimum Gasteiger partial charge on any atom is -0.480 e. The fourth-order valence-electron chi connectivity index (χ4n) is 1.82. The molecular weight excluding hydrogens is 216 g/mol. The molecule has 0 N–H and O–H groups in total. The Kier molecular flexibility index (Phi) is 5.45. The third-order valence-corrected chi connectivity index (χ3v) is 2.69. The Labute approximate surface area is 104 Å². The van der Waals surface area contributed by atoms with Gasteiger partial charge < -0.3 is 9.47 Å². The van der Waals surface area contributed by atoms with E-state index in [0.29, 0.717) is 19.1 Å². The number of hydrogen-bond acceptors (Lipinski definition) is 4. The van der Waals surface area contributed by atoms with Crippen LogP contribution in [0.4, 0.5) is 0 Å². The van der Waals surface area contributed by atoms with E-state index in [0.717, 1.165) is 18.2 Å². The molecule has 0 spiro atoms. The summed E-state index contributed by atoms with van der Waals surface area (Å²) < 4.78 is 11.2. The molecule has 1 aliphatic heterocycles. The summed E-state index contributed by atoms with van der Waals surface area (Å²) in [5.41, 5.74) is 0. The molecule has 0 aliphatic carbocycles. The van der Waals surface area contributed by atoms with Crippen molar-refractivity contribution in [3.05, 3.63) is 0 Å². The fraction of sp³-hybridized carbons (Fsp3) is 0.846. The summed E-state index contributed by atoms with van der Waals surface area (Å²) in [5, 5.41) is 0. The van der Waals surface area contributed by atoms with Gasteiger partial charge in [-0.2, -0.15) is 0 Å². The largest absolute Gasteiger partial charge is 0.480 e. The first-order chi connectivity index (χ1) is 8.13. The van der Waals surface area contributed by atoms with Crippen molar-refractivity contribution >= 4 is 11.8 Å². The van der Waals surface area contributed by atoms with E-state index in [1.165, 1.54) is 0 Å². The predicted molar refractivity (Wildman–Crippen MR) is 70.8 cm³/mol. The van der Waals surface area contributed by atoms with Crippen molar-refractivity contribution in [1.82, 2.24) is 0 Å². The predicted octanol–water partition coefficient (Wildman–Crippen LogP) is 2.67. The molecule has 0 saturated heterocycles. The van der Waals surface area contributed by atoms with Gasteiger partial charge in [-0.15, -0.1) is 0 Å². The van der Waals surface area contributed by atoms with Crippen molar-refractivity contribution < 1.29 is 9.47 Å². The molecule has 1 heterocycles. The van der Waals surface area contributed by atoms with Crippen LogP contribution >= 0.6 is 0 Å². The Morgan fingerprint density at radius 2 is 1.59 bits per heavy atom. The Bertz CT molecular complexity index is 298. The molecule has 0 aromatic rings. The highest BCUT2D eigenvalue weighted by Gasteiger charge is 2.30. The van der Waals surface area contributed by atoms with Gasteiger partial charge in [0.2, 0.25) is 11.8 Å². The summed E-state index contributed by atoms with van der Waals surface area (Å²) in [4.78, 5) is 9.29. The third kappa shape index (κ3) is 3.45. The molecule has 0 amide bonds. The van der Waals surface area contributed by atoms with Crippen LogP contribution in [0.2, 0.25) is 0 Å². The normalized spacial score (nSPS) is 24.4. The van der Waals surface area contributed by atoms with Crippen molar-refractivity contribution in [2.24, 2.45) is 15.9 Å². The maximum Gasteiger partial charge on any atom is 0.210 e. The second-order valence-electron chi connectivity index (χ2n) is 4.41. The molecule has 0 radical (unpaired) electrons. The van der Waals surface area contributed by atoms with E-state index in [4.69, 9.17) is 9.47 Å². The van der Waals surface area contributed by atoms with Crippen LogP contribution in [0.5, 0.6) is 0 Å². The zero-order valence-corrected chi connectivity index (χ0v) is 11.6. The highest BCUT2D eigenvalue weighted by Crippen LogP contribution is 2.19. The van der Waals surface area contributed by atoms with Gasteiger partial charge in [-0.25, -0.2) is 9.98 Å². The first-order valence-corrected chi connectivity index (χ1v) is 6.54. The van der Waals surface area contributed by atoms with Gasteiger partial charge in [0.05, 0.1) is 13.2 Å². The molecule has 17 heavy (non-hydrogen) atoms. The molecule has 4 nitrogen and oxygen atoms in total. The molecule has 0 aromatic carbocycles. The summed E-state index contributed by atoms with van der Waals surface area (Å²) in [6, 6.07) is 0.0193. The Hall–Kier alpha value is -1.06. The van der Waals surface area contributed by atoms with Gasteiger partial charge in [0, 0.05) is 0 Å². The molecule has 2 atom stereocenters. The SMILES string of the molecule is CCOC1=N[C@@H](C(C)C)C(OCC)=N[C@H]1CC. The molecule has 1 aliphatic rings. The summed E-state index contributed by atoms with van der Waals surface area (Å²) in [7, 11) is 0. The third-order valence-electron chi connectivity index (χ3n) is 2.69. The van der Waals surface area contributed by atoms with E-state index in [9.17, 15) is 0 Å². The van der Waals surface area contributed by atoms with E-state index in [1.807, 2.05) is 13.8 Å². The number of rotatable bonds is 4. The maximum absolute atomic E-state index is 5.60. The average Bonchev–Trinajstić information content (AvgIpc) is 2.30. The smallest absolute Gasteiger partial charge is 0.210 e. The average molecular weight is 240 g/mol. The Balaban J connectivity index is 2.92. The van der Waals surface area contributed by atoms with Gasteiger partial charge in [-0.05, 0) is 26.2 Å². The Morgan fingerprint density at radius 3 is 2.06 bits per heavy atom. The van der Waals surface area contributed by atoms with Crippen molar-refractivity contribution in [1.29, 1.82) is 0 Å². The number of hydrogen-bond donors (Lipinski definition) is 0. The second-order valence-corrected chi connectivity index (χ2v) is 4.41. The zero-order valence-electron chi connectivity index (χ0n) is 11.6. The summed E-state index contributed by atoms with van der Waals surface area (Å²) in [6.45, 7) is 11.6. The lowest BCUT2D eigenvalue weighted by molar-refractivity contribution is 0.275. The minimum absolute atomic E-state index is 0.000648. The van der Waals surface area contributed by atoms with E-state index in [-0.39, 0.29) is 12.1 Å². The molecule has 1 rings (SSSR count). The monoisotopic (exact) mass is 240 g/mol. The van der Waals surface area contributed by atoms with Crippen molar-refractivity contribution in [3.8, 4) is 0 Å². The van der Waals surface area contributed by atoms with Crippen LogP contribution in [0.3, 0.4) is 0 Å². The first kappa shape index (κ1) is 14.0. The van der Waals surface area contributed by atoms with Gasteiger partial charge in [0.1, 0.15) is 12.1 Å². The van der Waals surface area contributed by atoms with Crippen LogP contribution < -0.4 is 0 Å². The lowest BCUT2D eigenvalue weighted by Gasteiger charge is -2.27. The second kappa shape index (κ2) is 6.62. The lowest BCUT2D eigenvalue weighted by Crippen LogP contribution is -2.38.